The minimum absolute atomic E-state index is 0.0102. The number of aromatic nitrogens is 1. The van der Waals surface area contributed by atoms with Crippen LogP contribution in [0.5, 0.6) is 28.7 Å². The number of benzene rings is 3. The Bertz CT molecular complexity index is 2370. The van der Waals surface area contributed by atoms with E-state index in [1.807, 2.05) is 51.2 Å². The lowest BCUT2D eigenvalue weighted by atomic mass is 9.78. The van der Waals surface area contributed by atoms with Crippen LogP contribution in [0.4, 0.5) is 0 Å². The van der Waals surface area contributed by atoms with Gasteiger partial charge in [-0.25, -0.2) is 4.79 Å². The number of piperazine rings is 1. The van der Waals surface area contributed by atoms with Crippen molar-refractivity contribution >= 4 is 34.6 Å². The van der Waals surface area contributed by atoms with Gasteiger partial charge in [0.1, 0.15) is 18.1 Å². The first kappa shape index (κ1) is 35.9. The largest absolute Gasteiger partial charge is 0.504 e. The molecule has 56 heavy (non-hydrogen) atoms. The lowest BCUT2D eigenvalue weighted by Crippen LogP contribution is -2.70. The number of phenolic OH excluding ortho intramolecular Hbond substituents is 1. The normalized spacial score (nSPS) is 31.3. The van der Waals surface area contributed by atoms with Gasteiger partial charge in [0.25, 0.3) is 0 Å². The number of aromatic amines is 1. The monoisotopic (exact) mass is 784 g/mol. The molecule has 8 aliphatic heterocycles. The lowest BCUT2D eigenvalue weighted by Gasteiger charge is -2.60. The van der Waals surface area contributed by atoms with Gasteiger partial charge in [0.2, 0.25) is 6.79 Å². The molecule has 8 atom stereocenters. The summed E-state index contributed by atoms with van der Waals surface area (Å²) in [7, 11) is 3.47. The van der Waals surface area contributed by atoms with E-state index in [9.17, 15) is 24.9 Å². The number of H-pyrrole nitrogens is 1. The van der Waals surface area contributed by atoms with Crippen molar-refractivity contribution in [1.82, 2.24) is 20.1 Å². The fourth-order valence-electron chi connectivity index (χ4n) is 10.8. The van der Waals surface area contributed by atoms with E-state index in [-0.39, 0.29) is 44.5 Å². The quantitative estimate of drug-likeness (QED) is 0.151. The highest BCUT2D eigenvalue weighted by atomic mass is 32.2. The Morgan fingerprint density at radius 1 is 1.11 bits per heavy atom. The van der Waals surface area contributed by atoms with Crippen LogP contribution in [0, 0.1) is 13.8 Å². The van der Waals surface area contributed by atoms with Gasteiger partial charge in [-0.2, -0.15) is 0 Å². The first-order valence-corrected chi connectivity index (χ1v) is 20.0. The van der Waals surface area contributed by atoms with Crippen LogP contribution in [0.2, 0.25) is 0 Å². The summed E-state index contributed by atoms with van der Waals surface area (Å²) < 4.78 is 30.7. The second-order valence-electron chi connectivity index (χ2n) is 16.0. The van der Waals surface area contributed by atoms with Crippen molar-refractivity contribution in [2.75, 3.05) is 46.5 Å². The Kier molecular flexibility index (Phi) is 8.00. The number of ether oxygens (including phenoxy) is 5. The summed E-state index contributed by atoms with van der Waals surface area (Å²) >= 11 is 1.48. The van der Waals surface area contributed by atoms with Crippen LogP contribution >= 0.6 is 11.8 Å². The van der Waals surface area contributed by atoms with Gasteiger partial charge in [-0.05, 0) is 50.1 Å². The van der Waals surface area contributed by atoms with E-state index >= 15 is 0 Å². The number of nitrogens with one attached hydrogen (secondary N) is 2. The smallest absolute Gasteiger partial charge is 0.333 e. The van der Waals surface area contributed by atoms with E-state index in [0.717, 1.165) is 27.6 Å². The maximum absolute atomic E-state index is 15.0. The maximum atomic E-state index is 15.0. The van der Waals surface area contributed by atoms with Crippen molar-refractivity contribution in [3.8, 4) is 28.7 Å². The van der Waals surface area contributed by atoms with Crippen molar-refractivity contribution in [3.05, 3.63) is 75.0 Å². The average molecular weight is 785 g/mol. The van der Waals surface area contributed by atoms with E-state index in [1.54, 1.807) is 0 Å². The average Bonchev–Trinajstić information content (AvgIpc) is 3.76. The van der Waals surface area contributed by atoms with Crippen molar-refractivity contribution in [2.45, 2.75) is 74.3 Å². The number of aliphatic hydroxyl groups excluding tert-OH is 1. The zero-order valence-electron chi connectivity index (χ0n) is 31.7. The van der Waals surface area contributed by atoms with Crippen LogP contribution in [-0.4, -0.2) is 106 Å². The van der Waals surface area contributed by atoms with E-state index < -0.39 is 52.6 Å². The summed E-state index contributed by atoms with van der Waals surface area (Å²) in [5.74, 6) is 0.674. The summed E-state index contributed by atoms with van der Waals surface area (Å²) in [6.07, 6.45) is 0.664. The molecule has 8 aliphatic rings. The fraction of sp³-hybridized carbons (Fsp3) is 0.463. The number of aliphatic hydroxyl groups is 2. The van der Waals surface area contributed by atoms with Crippen LogP contribution in [-0.2, 0) is 32.7 Å². The maximum Gasteiger partial charge on any atom is 0.333 e. The third kappa shape index (κ3) is 4.75. The number of nitrogens with zero attached hydrogens (tertiary/aromatic N) is 2. The standard InChI is InChI=1S/C41H44N4O10S/c1-18-10-21-12-40(50)15-44(4)30(27(21)32(48)33(18)51-5)31-37-29-28(36-35(53-17-54-36)19(2)34(29)55-20(3)47)26(45(31)40)14-52-39(49)41(16-56-37)38-24(11-22(13-46)43-41)23-8-6-7-9-25(23)42-38/h6-10,22,26,30-31,37,42-43,46,48,50H,11-17H2,1-5H3/t22-,26?,30+,31-,37-,40?,41-/m1/s1. The number of methoxy groups -OCH3 is 1. The number of aryl methyl sites for hydroxylation is 1. The number of thioether (sulfide) groups is 1. The van der Waals surface area contributed by atoms with Crippen LogP contribution in [0.1, 0.15) is 68.9 Å². The van der Waals surface area contributed by atoms with Crippen LogP contribution in [0.3, 0.4) is 0 Å². The number of carbonyl (C=O) groups excluding carboxylic acids is 2. The van der Waals surface area contributed by atoms with E-state index in [1.165, 1.54) is 25.8 Å². The molecule has 3 aromatic carbocycles. The number of esters is 2. The van der Waals surface area contributed by atoms with E-state index in [4.69, 9.17) is 23.7 Å². The molecule has 2 saturated heterocycles. The summed E-state index contributed by atoms with van der Waals surface area (Å²) in [6, 6.07) is 7.51. The molecule has 0 amide bonds. The molecule has 15 heteroatoms. The third-order valence-corrected chi connectivity index (χ3v) is 14.3. The van der Waals surface area contributed by atoms with Crippen LogP contribution in [0.25, 0.3) is 10.9 Å². The molecule has 0 radical (unpaired) electrons. The molecule has 14 nitrogen and oxygen atoms in total. The summed E-state index contributed by atoms with van der Waals surface area (Å²) in [5.41, 5.74) is 3.60. The van der Waals surface area contributed by atoms with Gasteiger partial charge < -0.3 is 44.0 Å². The Balaban J connectivity index is 1.26. The molecular formula is C41H44N4O10S. The molecule has 4 aromatic rings. The lowest BCUT2D eigenvalue weighted by molar-refractivity contribution is -0.215. The molecule has 3 unspecified atom stereocenters. The molecule has 294 valence electrons. The number of rotatable bonds is 3. The Morgan fingerprint density at radius 3 is 2.66 bits per heavy atom. The number of hydrogen-bond donors (Lipinski definition) is 5. The SMILES string of the molecule is COc1c(C)cc2c(c1O)[C@H]1[C@@H]3[C@@H]4SC[C@]5(N[C@@H](CO)Cc6c5[nH]c5ccccc65)C(=O)OCC(c5c6c(c(C)c(OC(C)=O)c54)OCO6)N3C(O)(C2)CN1C. The molecule has 4 bridgehead atoms. The van der Waals surface area contributed by atoms with E-state index in [2.05, 4.69) is 20.1 Å². The van der Waals surface area contributed by atoms with Crippen molar-refractivity contribution in [3.63, 3.8) is 0 Å². The Morgan fingerprint density at radius 2 is 1.89 bits per heavy atom. The molecule has 0 aliphatic carbocycles. The molecule has 5 N–H and O–H groups in total. The van der Waals surface area contributed by atoms with Gasteiger partial charge in [0, 0.05) is 70.9 Å². The summed E-state index contributed by atoms with van der Waals surface area (Å²) in [6.45, 7) is 4.80. The molecule has 0 saturated carbocycles. The number of likely N-dealkylation sites (N-methyl/N-ethyl adjacent to an activating group) is 1. The number of para-hydroxylation sites is 1. The highest BCUT2D eigenvalue weighted by Crippen LogP contribution is 2.65. The van der Waals surface area contributed by atoms with Gasteiger partial charge >= 0.3 is 11.9 Å². The zero-order chi connectivity index (χ0) is 39.0. The molecule has 2 fully saturated rings. The van der Waals surface area contributed by atoms with E-state index in [0.29, 0.717) is 57.4 Å². The topological polar surface area (TPSA) is 175 Å². The molecule has 1 spiro atoms. The summed E-state index contributed by atoms with van der Waals surface area (Å²) in [5, 5.41) is 39.8. The first-order chi connectivity index (χ1) is 26.9. The minimum atomic E-state index is -1.52. The number of phenols is 1. The molecule has 1 aromatic heterocycles. The van der Waals surface area contributed by atoms with Gasteiger partial charge in [-0.1, -0.05) is 24.3 Å². The summed E-state index contributed by atoms with van der Waals surface area (Å²) in [4.78, 5) is 35.6. The fourth-order valence-corrected chi connectivity index (χ4v) is 12.5. The predicted octanol–water partition coefficient (Wildman–Crippen LogP) is 3.54. The van der Waals surface area contributed by atoms with Gasteiger partial charge in [-0.15, -0.1) is 11.8 Å². The number of aromatic hydroxyl groups is 1. The van der Waals surface area contributed by atoms with Crippen LogP contribution < -0.4 is 24.3 Å². The third-order valence-electron chi connectivity index (χ3n) is 12.8. The van der Waals surface area contributed by atoms with Crippen molar-refractivity contribution < 1.29 is 48.6 Å². The van der Waals surface area contributed by atoms with Crippen molar-refractivity contribution in [1.29, 1.82) is 0 Å². The molecule has 9 heterocycles. The Labute approximate surface area is 327 Å². The first-order valence-electron chi connectivity index (χ1n) is 18.9. The number of fused-ring (bicyclic) bond motifs is 8. The second-order valence-corrected chi connectivity index (χ2v) is 17.1. The van der Waals surface area contributed by atoms with Gasteiger partial charge in [0.05, 0.1) is 36.7 Å². The van der Waals surface area contributed by atoms with Gasteiger partial charge in [-0.3, -0.25) is 19.9 Å². The predicted molar refractivity (Wildman–Crippen MR) is 204 cm³/mol. The van der Waals surface area contributed by atoms with Crippen molar-refractivity contribution in [2.24, 2.45) is 0 Å². The molecule has 12 rings (SSSR count). The highest BCUT2D eigenvalue weighted by molar-refractivity contribution is 7.99. The van der Waals surface area contributed by atoms with Gasteiger partial charge in [0.15, 0.2) is 28.5 Å². The highest BCUT2D eigenvalue weighted by Gasteiger charge is 2.64. The zero-order valence-corrected chi connectivity index (χ0v) is 32.5. The molecular weight excluding hydrogens is 741 g/mol. The number of carbonyl (C=O) groups is 2. The minimum Gasteiger partial charge on any atom is -0.504 e. The second kappa shape index (κ2) is 12.5. The van der Waals surface area contributed by atoms with Crippen LogP contribution in [0.15, 0.2) is 30.3 Å². The Hall–Kier alpha value is -4.51. The number of hydrogen-bond acceptors (Lipinski definition) is 14.